The number of rotatable bonds is 3. The minimum atomic E-state index is -0.152. The lowest BCUT2D eigenvalue weighted by atomic mass is 10.1. The number of carbonyl (C=O) groups excluding carboxylic acids is 1. The van der Waals surface area contributed by atoms with Gasteiger partial charge in [-0.05, 0) is 50.5 Å². The molecule has 5 heterocycles. The number of anilines is 1. The van der Waals surface area contributed by atoms with Crippen molar-refractivity contribution >= 4 is 23.4 Å². The summed E-state index contributed by atoms with van der Waals surface area (Å²) in [5, 5.41) is 4.61. The molecule has 0 bridgehead atoms. The Bertz CT molecular complexity index is 1450. The minimum absolute atomic E-state index is 0.0319. The summed E-state index contributed by atoms with van der Waals surface area (Å²) in [5.41, 5.74) is 5.20. The van der Waals surface area contributed by atoms with Crippen LogP contribution in [0.25, 0.3) is 22.7 Å². The molecule has 2 aliphatic rings. The first-order valence-electron chi connectivity index (χ1n) is 10.8. The molecule has 1 saturated heterocycles. The van der Waals surface area contributed by atoms with Crippen LogP contribution in [0, 0.1) is 13.8 Å². The number of hydrogen-bond acceptors (Lipinski definition) is 6. The van der Waals surface area contributed by atoms with Gasteiger partial charge in [-0.2, -0.15) is 5.10 Å². The molecule has 1 saturated carbocycles. The molecular weight excluding hydrogens is 406 g/mol. The molecule has 1 spiro atoms. The Morgan fingerprint density at radius 2 is 1.88 bits per heavy atom. The Morgan fingerprint density at radius 1 is 1.03 bits per heavy atom. The molecule has 0 aromatic carbocycles. The molecule has 9 nitrogen and oxygen atoms in total. The lowest BCUT2D eigenvalue weighted by molar-refractivity contribution is -0.121. The van der Waals surface area contributed by atoms with E-state index in [-0.39, 0.29) is 11.1 Å². The van der Waals surface area contributed by atoms with Crippen molar-refractivity contribution in [2.24, 2.45) is 0 Å². The van der Waals surface area contributed by atoms with E-state index < -0.39 is 0 Å². The zero-order chi connectivity index (χ0) is 22.0. The molecule has 4 aromatic rings. The van der Waals surface area contributed by atoms with E-state index in [9.17, 15) is 9.59 Å². The van der Waals surface area contributed by atoms with Crippen LogP contribution in [0.5, 0.6) is 0 Å². The molecule has 162 valence electrons. The number of piperazine rings is 1. The van der Waals surface area contributed by atoms with E-state index in [4.69, 9.17) is 4.98 Å². The Morgan fingerprint density at radius 3 is 2.66 bits per heavy atom. The van der Waals surface area contributed by atoms with Gasteiger partial charge in [0.05, 0.1) is 28.8 Å². The maximum Gasteiger partial charge on any atom is 0.258 e. The van der Waals surface area contributed by atoms with Gasteiger partial charge >= 0.3 is 0 Å². The molecule has 9 heteroatoms. The summed E-state index contributed by atoms with van der Waals surface area (Å²) in [6, 6.07) is 7.31. The second-order valence-electron chi connectivity index (χ2n) is 8.90. The van der Waals surface area contributed by atoms with Gasteiger partial charge in [-0.3, -0.25) is 14.0 Å². The monoisotopic (exact) mass is 429 g/mol. The fourth-order valence-electron chi connectivity index (χ4n) is 4.75. The highest BCUT2D eigenvalue weighted by molar-refractivity contribution is 5.63. The summed E-state index contributed by atoms with van der Waals surface area (Å²) < 4.78 is 3.32. The number of pyridine rings is 1. The number of carbonyl (C=O) groups is 1. The minimum Gasteiger partial charge on any atom is -0.366 e. The zero-order valence-electron chi connectivity index (χ0n) is 18.0. The van der Waals surface area contributed by atoms with Crippen LogP contribution < -0.4 is 10.5 Å². The molecule has 4 aromatic heterocycles. The average molecular weight is 429 g/mol. The van der Waals surface area contributed by atoms with Crippen LogP contribution in [0.3, 0.4) is 0 Å². The van der Waals surface area contributed by atoms with Gasteiger partial charge in [0, 0.05) is 31.9 Å². The first-order chi connectivity index (χ1) is 15.5. The highest BCUT2D eigenvalue weighted by atomic mass is 16.1. The van der Waals surface area contributed by atoms with E-state index in [0.29, 0.717) is 23.6 Å². The van der Waals surface area contributed by atoms with Crippen LogP contribution in [-0.4, -0.2) is 60.5 Å². The number of fused-ring (bicyclic) bond motifs is 2. The predicted octanol–water partition coefficient (Wildman–Crippen LogP) is 1.83. The van der Waals surface area contributed by atoms with E-state index in [1.165, 1.54) is 6.07 Å². The molecule has 0 atom stereocenters. The van der Waals surface area contributed by atoms with Gasteiger partial charge in [-0.25, -0.2) is 14.5 Å². The van der Waals surface area contributed by atoms with Crippen molar-refractivity contribution in [1.82, 2.24) is 28.9 Å². The molecule has 0 radical (unpaired) electrons. The van der Waals surface area contributed by atoms with Crippen LogP contribution in [0.2, 0.25) is 0 Å². The molecular formula is C23H23N7O2. The van der Waals surface area contributed by atoms with Gasteiger partial charge in [0.15, 0.2) is 5.65 Å². The van der Waals surface area contributed by atoms with Gasteiger partial charge in [0.2, 0.25) is 6.41 Å². The SMILES string of the molecule is Cc1cn2nc(-c3cc(=O)n4cc(N5CCN(C=O)C6(CC6)C5)ccc4n3)cc(C)c2n1. The van der Waals surface area contributed by atoms with Crippen molar-refractivity contribution in [3.05, 3.63) is 58.3 Å². The molecule has 1 aliphatic carbocycles. The number of nitrogens with zero attached hydrogens (tertiary/aromatic N) is 7. The molecule has 1 aliphatic heterocycles. The van der Waals surface area contributed by atoms with Crippen molar-refractivity contribution in [3.63, 3.8) is 0 Å². The van der Waals surface area contributed by atoms with Crippen molar-refractivity contribution in [1.29, 1.82) is 0 Å². The Kier molecular flexibility index (Phi) is 3.93. The normalized spacial score (nSPS) is 17.4. The highest BCUT2D eigenvalue weighted by Crippen LogP contribution is 2.44. The Hall–Kier alpha value is -3.75. The third-order valence-corrected chi connectivity index (χ3v) is 6.66. The average Bonchev–Trinajstić information content (AvgIpc) is 3.43. The fraction of sp³-hybridized carbons (Fsp3) is 0.348. The highest BCUT2D eigenvalue weighted by Gasteiger charge is 2.51. The van der Waals surface area contributed by atoms with E-state index in [1.54, 1.807) is 8.92 Å². The Balaban J connectivity index is 1.38. The number of hydrogen-bond donors (Lipinski definition) is 0. The molecule has 0 unspecified atom stereocenters. The second-order valence-corrected chi connectivity index (χ2v) is 8.90. The number of aryl methyl sites for hydroxylation is 2. The molecule has 0 N–H and O–H groups in total. The van der Waals surface area contributed by atoms with E-state index in [2.05, 4.69) is 15.0 Å². The maximum absolute atomic E-state index is 13.0. The third kappa shape index (κ3) is 2.88. The summed E-state index contributed by atoms with van der Waals surface area (Å²) in [4.78, 5) is 37.7. The van der Waals surface area contributed by atoms with Crippen molar-refractivity contribution in [2.45, 2.75) is 32.2 Å². The van der Waals surface area contributed by atoms with Crippen LogP contribution in [0.15, 0.2) is 41.5 Å². The molecule has 32 heavy (non-hydrogen) atoms. The summed E-state index contributed by atoms with van der Waals surface area (Å²) in [7, 11) is 0. The maximum atomic E-state index is 13.0. The van der Waals surface area contributed by atoms with Crippen LogP contribution >= 0.6 is 0 Å². The number of amides is 1. The Labute approximate surface area is 183 Å². The number of aromatic nitrogens is 5. The lowest BCUT2D eigenvalue weighted by Gasteiger charge is -2.41. The van der Waals surface area contributed by atoms with Gasteiger partial charge < -0.3 is 9.80 Å². The molecule has 1 amide bonds. The summed E-state index contributed by atoms with van der Waals surface area (Å²) in [5.74, 6) is 0. The predicted molar refractivity (Wildman–Crippen MR) is 120 cm³/mol. The quantitative estimate of drug-likeness (QED) is 0.462. The van der Waals surface area contributed by atoms with E-state index in [0.717, 1.165) is 54.9 Å². The van der Waals surface area contributed by atoms with Gasteiger partial charge in [-0.1, -0.05) is 0 Å². The number of imidazole rings is 1. The summed E-state index contributed by atoms with van der Waals surface area (Å²) >= 11 is 0. The third-order valence-electron chi connectivity index (χ3n) is 6.66. The molecule has 2 fully saturated rings. The smallest absolute Gasteiger partial charge is 0.258 e. The molecule has 6 rings (SSSR count). The van der Waals surface area contributed by atoms with Crippen molar-refractivity contribution in [2.75, 3.05) is 24.5 Å². The van der Waals surface area contributed by atoms with Crippen molar-refractivity contribution in [3.8, 4) is 11.4 Å². The van der Waals surface area contributed by atoms with Crippen LogP contribution in [-0.2, 0) is 4.79 Å². The fourth-order valence-corrected chi connectivity index (χ4v) is 4.75. The summed E-state index contributed by atoms with van der Waals surface area (Å²) in [6.45, 7) is 6.15. The van der Waals surface area contributed by atoms with Gasteiger partial charge in [-0.15, -0.1) is 0 Å². The van der Waals surface area contributed by atoms with Crippen LogP contribution in [0.4, 0.5) is 5.69 Å². The van der Waals surface area contributed by atoms with E-state index in [1.807, 2.05) is 49.3 Å². The largest absolute Gasteiger partial charge is 0.366 e. The second kappa shape index (κ2) is 6.62. The zero-order valence-corrected chi connectivity index (χ0v) is 18.0. The lowest BCUT2D eigenvalue weighted by Crippen LogP contribution is -2.54. The standard InChI is InChI=1S/C23H23N7O2/c1-15-9-19(26-30-11-16(2)24-22(15)30)18-10-21(32)29-12-17(3-4-20(29)25-18)27-7-8-28(14-31)23(13-27)5-6-23/h3-4,9-12,14H,5-8,13H2,1-2H3. The van der Waals surface area contributed by atoms with E-state index >= 15 is 0 Å². The van der Waals surface area contributed by atoms with Crippen LogP contribution in [0.1, 0.15) is 24.1 Å². The van der Waals surface area contributed by atoms with Crippen molar-refractivity contribution < 1.29 is 4.79 Å². The van der Waals surface area contributed by atoms with Gasteiger partial charge in [0.25, 0.3) is 5.56 Å². The first-order valence-corrected chi connectivity index (χ1v) is 10.8. The topological polar surface area (TPSA) is 88.1 Å². The first kappa shape index (κ1) is 19.0. The summed E-state index contributed by atoms with van der Waals surface area (Å²) in [6.07, 6.45) is 6.76. The van der Waals surface area contributed by atoms with Gasteiger partial charge in [0.1, 0.15) is 11.3 Å².